The van der Waals surface area contributed by atoms with E-state index in [4.69, 9.17) is 10.5 Å². The third-order valence-corrected chi connectivity index (χ3v) is 6.80. The number of nitrogens with one attached hydrogen (secondary N) is 2. The fourth-order valence-corrected chi connectivity index (χ4v) is 4.17. The average Bonchev–Trinajstić information content (AvgIpc) is 3.81. The molecule has 4 rings (SSSR count). The van der Waals surface area contributed by atoms with E-state index in [0.29, 0.717) is 25.7 Å². The number of carbonyl (C=O) groups excluding carboxylic acids is 3. The monoisotopic (exact) mass is 620 g/mol. The van der Waals surface area contributed by atoms with Gasteiger partial charge in [0, 0.05) is 23.2 Å². The van der Waals surface area contributed by atoms with Crippen LogP contribution >= 0.6 is 0 Å². The largest absolute Gasteiger partial charge is 0.510 e. The van der Waals surface area contributed by atoms with E-state index in [2.05, 4.69) is 10.6 Å². The fraction of sp³-hybridized carbons (Fsp3) is 0.367. The van der Waals surface area contributed by atoms with E-state index >= 15 is 0 Å². The van der Waals surface area contributed by atoms with Gasteiger partial charge in [0.15, 0.2) is 17.3 Å². The number of aliphatic hydroxyl groups is 1. The number of hydrogen-bond acceptors (Lipinski definition) is 6. The van der Waals surface area contributed by atoms with Gasteiger partial charge >= 0.3 is 12.4 Å². The van der Waals surface area contributed by atoms with Gasteiger partial charge in [-0.1, -0.05) is 0 Å². The Labute approximate surface area is 248 Å². The van der Waals surface area contributed by atoms with Crippen LogP contribution in [0.3, 0.4) is 0 Å². The molecule has 0 heterocycles. The van der Waals surface area contributed by atoms with Crippen LogP contribution < -0.4 is 10.6 Å². The van der Waals surface area contributed by atoms with Crippen molar-refractivity contribution in [2.75, 3.05) is 10.6 Å². The lowest BCUT2D eigenvalue weighted by atomic mass is 10.0. The molecule has 2 amide bonds. The van der Waals surface area contributed by atoms with Crippen LogP contribution in [0.2, 0.25) is 0 Å². The third-order valence-electron chi connectivity index (χ3n) is 6.80. The number of benzene rings is 2. The molecule has 2 aromatic carbocycles. The molecule has 2 fully saturated rings. The SMILES string of the molecule is Cc1cc(NC(=O)/C(C#N)=C(\O)C2CC2)ccc1C(F)(F)F.Cc1cc(NC(=O)C(C#N)C(=O)C2CC2)ccc1C(F)(F)F. The maximum atomic E-state index is 12.7. The zero-order valence-electron chi connectivity index (χ0n) is 23.4. The number of nitriles is 2. The second-order valence-corrected chi connectivity index (χ2v) is 10.4. The summed E-state index contributed by atoms with van der Waals surface area (Å²) in [6, 6.07) is 9.54. The van der Waals surface area contributed by atoms with Crippen molar-refractivity contribution < 1.29 is 45.8 Å². The average molecular weight is 621 g/mol. The minimum absolute atomic E-state index is 0.0424. The van der Waals surface area contributed by atoms with Crippen molar-refractivity contribution in [3.8, 4) is 12.1 Å². The van der Waals surface area contributed by atoms with Gasteiger partial charge in [-0.25, -0.2) is 0 Å². The number of rotatable bonds is 7. The molecule has 0 aliphatic heterocycles. The highest BCUT2D eigenvalue weighted by Crippen LogP contribution is 2.37. The lowest BCUT2D eigenvalue weighted by molar-refractivity contribution is -0.138. The molecule has 2 aliphatic rings. The number of Topliss-reactive ketones (excluding diaryl/α,β-unsaturated/α-hetero) is 1. The molecular formula is C30H26F6N4O4. The Balaban J connectivity index is 0.000000240. The summed E-state index contributed by atoms with van der Waals surface area (Å²) in [5.41, 5.74) is -1.82. The summed E-state index contributed by atoms with van der Waals surface area (Å²) < 4.78 is 75.9. The van der Waals surface area contributed by atoms with Crippen LogP contribution in [0.4, 0.5) is 37.7 Å². The summed E-state index contributed by atoms with van der Waals surface area (Å²) in [6.45, 7) is 2.55. The van der Waals surface area contributed by atoms with Crippen molar-refractivity contribution in [2.24, 2.45) is 17.8 Å². The van der Waals surface area contributed by atoms with Crippen LogP contribution in [0.25, 0.3) is 0 Å². The van der Waals surface area contributed by atoms with E-state index in [1.807, 2.05) is 0 Å². The number of alkyl halides is 6. The molecule has 3 N–H and O–H groups in total. The molecule has 14 heteroatoms. The number of hydrogen-bond donors (Lipinski definition) is 3. The molecule has 2 aliphatic carbocycles. The molecular weight excluding hydrogens is 594 g/mol. The van der Waals surface area contributed by atoms with E-state index in [9.17, 15) is 45.8 Å². The van der Waals surface area contributed by atoms with Crippen molar-refractivity contribution >= 4 is 29.0 Å². The lowest BCUT2D eigenvalue weighted by Gasteiger charge is -2.13. The zero-order valence-corrected chi connectivity index (χ0v) is 23.4. The quantitative estimate of drug-likeness (QED) is 0.103. The second kappa shape index (κ2) is 13.2. The Morgan fingerprint density at radius 3 is 1.64 bits per heavy atom. The van der Waals surface area contributed by atoms with Crippen LogP contribution in [0, 0.1) is 54.3 Å². The van der Waals surface area contributed by atoms with Crippen LogP contribution in [-0.4, -0.2) is 22.7 Å². The molecule has 0 bridgehead atoms. The van der Waals surface area contributed by atoms with E-state index in [1.165, 1.54) is 19.9 Å². The number of ketones is 1. The van der Waals surface area contributed by atoms with Gasteiger partial charge in [0.05, 0.1) is 17.2 Å². The smallest absolute Gasteiger partial charge is 0.416 e. The Bertz CT molecular complexity index is 1580. The van der Waals surface area contributed by atoms with Crippen molar-refractivity contribution in [1.29, 1.82) is 10.5 Å². The number of aliphatic hydroxyl groups excluding tert-OH is 1. The first kappa shape index (κ1) is 33.6. The maximum Gasteiger partial charge on any atom is 0.416 e. The molecule has 0 radical (unpaired) electrons. The zero-order chi connectivity index (χ0) is 33.0. The summed E-state index contributed by atoms with van der Waals surface area (Å²) in [6.07, 6.45) is -6.17. The van der Waals surface area contributed by atoms with Gasteiger partial charge in [-0.05, 0) is 87.1 Å². The fourth-order valence-electron chi connectivity index (χ4n) is 4.17. The Hall–Kier alpha value is -4.85. The number of allylic oxidation sites excluding steroid dienone is 1. The van der Waals surface area contributed by atoms with E-state index < -0.39 is 52.6 Å². The molecule has 0 spiro atoms. The second-order valence-electron chi connectivity index (χ2n) is 10.4. The molecule has 44 heavy (non-hydrogen) atoms. The van der Waals surface area contributed by atoms with Crippen LogP contribution in [-0.2, 0) is 26.7 Å². The van der Waals surface area contributed by atoms with E-state index in [-0.39, 0.29) is 40.1 Å². The first-order valence-corrected chi connectivity index (χ1v) is 13.2. The van der Waals surface area contributed by atoms with E-state index in [1.54, 1.807) is 12.1 Å². The molecule has 2 saturated carbocycles. The van der Waals surface area contributed by atoms with Crippen LogP contribution in [0.5, 0.6) is 0 Å². The minimum atomic E-state index is -4.47. The Kier molecular flexibility index (Phi) is 10.1. The van der Waals surface area contributed by atoms with Gasteiger partial charge in [0.2, 0.25) is 5.91 Å². The maximum absolute atomic E-state index is 12.7. The van der Waals surface area contributed by atoms with Gasteiger partial charge in [-0.2, -0.15) is 36.9 Å². The number of aryl methyl sites for hydroxylation is 2. The highest BCUT2D eigenvalue weighted by atomic mass is 19.4. The van der Waals surface area contributed by atoms with Gasteiger partial charge in [-0.15, -0.1) is 0 Å². The molecule has 232 valence electrons. The van der Waals surface area contributed by atoms with Crippen LogP contribution in [0.15, 0.2) is 47.7 Å². The summed E-state index contributed by atoms with van der Waals surface area (Å²) in [4.78, 5) is 35.7. The standard InChI is InChI=1S/2C15H13F3N2O2/c2*1-8-6-10(4-5-12(8)15(16,17)18)20-14(22)11(7-19)13(21)9-2-3-9/h4-6,9,21H,2-3H2,1H3,(H,20,22);4-6,9,11H,2-3H2,1H3,(H,20,22)/b13-11-;. The van der Waals surface area contributed by atoms with E-state index in [0.717, 1.165) is 30.3 Å². The van der Waals surface area contributed by atoms with Gasteiger partial charge in [0.25, 0.3) is 5.91 Å². The minimum Gasteiger partial charge on any atom is -0.510 e. The molecule has 2 aromatic rings. The summed E-state index contributed by atoms with van der Waals surface area (Å²) >= 11 is 0. The number of halogens is 6. The van der Waals surface area contributed by atoms with Gasteiger partial charge in [-0.3, -0.25) is 14.4 Å². The van der Waals surface area contributed by atoms with Gasteiger partial charge < -0.3 is 15.7 Å². The summed E-state index contributed by atoms with van der Waals surface area (Å²) in [5, 5.41) is 32.3. The summed E-state index contributed by atoms with van der Waals surface area (Å²) in [5.74, 6) is -4.16. The van der Waals surface area contributed by atoms with Crippen molar-refractivity contribution in [3.63, 3.8) is 0 Å². The number of carbonyl (C=O) groups is 3. The molecule has 0 saturated heterocycles. The number of nitrogens with zero attached hydrogens (tertiary/aromatic N) is 2. The number of anilines is 2. The highest BCUT2D eigenvalue weighted by molar-refractivity contribution is 6.10. The topological polar surface area (TPSA) is 143 Å². The molecule has 1 unspecified atom stereocenters. The van der Waals surface area contributed by atoms with Crippen molar-refractivity contribution in [3.05, 3.63) is 70.0 Å². The Morgan fingerprint density at radius 2 is 1.27 bits per heavy atom. The first-order chi connectivity index (χ1) is 20.5. The van der Waals surface area contributed by atoms with Crippen LogP contribution in [0.1, 0.15) is 47.9 Å². The normalized spacial score (nSPS) is 15.8. The van der Waals surface area contributed by atoms with Crippen molar-refractivity contribution in [2.45, 2.75) is 51.9 Å². The number of amides is 2. The third kappa shape index (κ3) is 8.60. The Morgan fingerprint density at radius 1 is 0.818 bits per heavy atom. The molecule has 8 nitrogen and oxygen atoms in total. The van der Waals surface area contributed by atoms with Gasteiger partial charge in [0.1, 0.15) is 11.8 Å². The molecule has 1 atom stereocenters. The summed E-state index contributed by atoms with van der Waals surface area (Å²) in [7, 11) is 0. The highest BCUT2D eigenvalue weighted by Gasteiger charge is 2.39. The molecule has 0 aromatic heterocycles. The predicted octanol–water partition coefficient (Wildman–Crippen LogP) is 6.77. The lowest BCUT2D eigenvalue weighted by Crippen LogP contribution is -2.29. The van der Waals surface area contributed by atoms with Crippen molar-refractivity contribution in [1.82, 2.24) is 0 Å². The predicted molar refractivity (Wildman–Crippen MR) is 144 cm³/mol. The first-order valence-electron chi connectivity index (χ1n) is 13.2.